The molecule has 0 aromatic heterocycles. The Balaban J connectivity index is 1.80. The van der Waals surface area contributed by atoms with Gasteiger partial charge in [0.25, 0.3) is 5.91 Å². The maximum atomic E-state index is 12.0. The van der Waals surface area contributed by atoms with E-state index in [9.17, 15) is 14.7 Å². The van der Waals surface area contributed by atoms with Crippen LogP contribution in [-0.2, 0) is 4.79 Å². The van der Waals surface area contributed by atoms with Gasteiger partial charge in [0.15, 0.2) is 0 Å². The maximum absolute atomic E-state index is 12.0. The molecule has 0 bridgehead atoms. The van der Waals surface area contributed by atoms with E-state index in [1.54, 1.807) is 12.1 Å². The third kappa shape index (κ3) is 3.99. The number of nitrogens with zero attached hydrogens (tertiary/aromatic N) is 1. The molecule has 0 saturated carbocycles. The van der Waals surface area contributed by atoms with Gasteiger partial charge in [0.2, 0.25) is 5.91 Å². The fourth-order valence-electron chi connectivity index (χ4n) is 2.44. The van der Waals surface area contributed by atoms with Crippen molar-refractivity contribution in [3.05, 3.63) is 29.8 Å². The number of aromatic hydroxyl groups is 1. The van der Waals surface area contributed by atoms with E-state index in [0.717, 1.165) is 13.1 Å². The van der Waals surface area contributed by atoms with Crippen molar-refractivity contribution in [3.63, 3.8) is 0 Å². The lowest BCUT2D eigenvalue weighted by Gasteiger charge is -2.29. The van der Waals surface area contributed by atoms with Crippen LogP contribution >= 0.6 is 0 Å². The molecule has 1 fully saturated rings. The van der Waals surface area contributed by atoms with Crippen molar-refractivity contribution in [2.75, 3.05) is 19.6 Å². The molecule has 6 nitrogen and oxygen atoms in total. The molecular formula is C16H19N3O3. The summed E-state index contributed by atoms with van der Waals surface area (Å²) < 4.78 is 0. The van der Waals surface area contributed by atoms with Gasteiger partial charge in [0.05, 0.1) is 12.1 Å². The predicted octanol–water partition coefficient (Wildman–Crippen LogP) is 0.498. The van der Waals surface area contributed by atoms with E-state index in [2.05, 4.69) is 21.7 Å². The number of carbonyl (C=O) groups excluding carboxylic acids is 2. The quantitative estimate of drug-likeness (QED) is 0.561. The molecule has 0 aliphatic carbocycles. The van der Waals surface area contributed by atoms with Gasteiger partial charge in [-0.2, -0.15) is 0 Å². The van der Waals surface area contributed by atoms with E-state index in [0.29, 0.717) is 19.4 Å². The second-order valence-electron chi connectivity index (χ2n) is 5.22. The summed E-state index contributed by atoms with van der Waals surface area (Å²) in [5.41, 5.74) is 4.86. The highest BCUT2D eigenvalue weighted by atomic mass is 16.3. The standard InChI is InChI=1S/C16H19N3O3/c1-2-9-19-10-7-12(8-11-19)15(21)17-18-16(22)13-5-3-4-6-14(13)20/h1,3-6,12,20H,7-11H2,(H,17,21)(H,18,22). The maximum Gasteiger partial charge on any atom is 0.273 e. The van der Waals surface area contributed by atoms with Crippen LogP contribution in [-0.4, -0.2) is 41.5 Å². The average Bonchev–Trinajstić information content (AvgIpc) is 2.54. The third-order valence-electron chi connectivity index (χ3n) is 3.72. The minimum absolute atomic E-state index is 0.117. The van der Waals surface area contributed by atoms with Gasteiger partial charge < -0.3 is 5.11 Å². The minimum atomic E-state index is -0.545. The van der Waals surface area contributed by atoms with E-state index in [1.807, 2.05) is 0 Å². The molecule has 1 aromatic rings. The normalized spacial score (nSPS) is 15.8. The Morgan fingerprint density at radius 2 is 1.95 bits per heavy atom. The number of carbonyl (C=O) groups is 2. The first-order valence-electron chi connectivity index (χ1n) is 7.16. The van der Waals surface area contributed by atoms with Crippen molar-refractivity contribution < 1.29 is 14.7 Å². The van der Waals surface area contributed by atoms with Crippen molar-refractivity contribution in [3.8, 4) is 18.1 Å². The van der Waals surface area contributed by atoms with Crippen molar-refractivity contribution in [1.82, 2.24) is 15.8 Å². The Kier molecular flexibility index (Phi) is 5.39. The van der Waals surface area contributed by atoms with Crippen LogP contribution in [0.4, 0.5) is 0 Å². The van der Waals surface area contributed by atoms with Crippen LogP contribution in [0.3, 0.4) is 0 Å². The first-order valence-corrected chi connectivity index (χ1v) is 7.16. The molecule has 22 heavy (non-hydrogen) atoms. The Hall–Kier alpha value is -2.52. The highest BCUT2D eigenvalue weighted by Crippen LogP contribution is 2.17. The molecule has 0 unspecified atom stereocenters. The number of hydrazine groups is 1. The number of benzene rings is 1. The number of hydrogen-bond acceptors (Lipinski definition) is 4. The molecule has 0 spiro atoms. The van der Waals surface area contributed by atoms with Gasteiger partial charge in [-0.3, -0.25) is 25.3 Å². The van der Waals surface area contributed by atoms with Crippen LogP contribution in [0.1, 0.15) is 23.2 Å². The predicted molar refractivity (Wildman–Crippen MR) is 81.7 cm³/mol. The summed E-state index contributed by atoms with van der Waals surface area (Å²) in [4.78, 5) is 26.0. The summed E-state index contributed by atoms with van der Waals surface area (Å²) in [5.74, 6) is 1.56. The van der Waals surface area contributed by atoms with E-state index < -0.39 is 5.91 Å². The SMILES string of the molecule is C#CCN1CCC(C(=O)NNC(=O)c2ccccc2O)CC1. The van der Waals surface area contributed by atoms with Crippen LogP contribution in [0.15, 0.2) is 24.3 Å². The minimum Gasteiger partial charge on any atom is -0.507 e. The molecule has 1 aromatic carbocycles. The molecule has 1 aliphatic heterocycles. The van der Waals surface area contributed by atoms with E-state index in [4.69, 9.17) is 6.42 Å². The molecule has 3 N–H and O–H groups in total. The summed E-state index contributed by atoms with van der Waals surface area (Å²) in [6.45, 7) is 2.14. The Morgan fingerprint density at radius 3 is 2.59 bits per heavy atom. The molecule has 116 valence electrons. The molecule has 0 radical (unpaired) electrons. The number of para-hydroxylation sites is 1. The summed E-state index contributed by atoms with van der Waals surface area (Å²) in [5, 5.41) is 9.58. The lowest BCUT2D eigenvalue weighted by atomic mass is 9.96. The van der Waals surface area contributed by atoms with Gasteiger partial charge in [0.1, 0.15) is 5.75 Å². The first kappa shape index (κ1) is 15.9. The van der Waals surface area contributed by atoms with Gasteiger partial charge in [-0.1, -0.05) is 18.1 Å². The lowest BCUT2D eigenvalue weighted by Crippen LogP contribution is -2.47. The Bertz CT molecular complexity index is 587. The average molecular weight is 301 g/mol. The number of hydrogen-bond donors (Lipinski definition) is 3. The van der Waals surface area contributed by atoms with E-state index in [-0.39, 0.29) is 23.1 Å². The molecular weight excluding hydrogens is 282 g/mol. The zero-order chi connectivity index (χ0) is 15.9. The second-order valence-corrected chi connectivity index (χ2v) is 5.22. The Labute approximate surface area is 129 Å². The van der Waals surface area contributed by atoms with Crippen LogP contribution < -0.4 is 10.9 Å². The topological polar surface area (TPSA) is 81.7 Å². The zero-order valence-corrected chi connectivity index (χ0v) is 12.2. The second kappa shape index (κ2) is 7.48. The Morgan fingerprint density at radius 1 is 1.27 bits per heavy atom. The largest absolute Gasteiger partial charge is 0.507 e. The van der Waals surface area contributed by atoms with Crippen LogP contribution in [0.25, 0.3) is 0 Å². The molecule has 6 heteroatoms. The van der Waals surface area contributed by atoms with Crippen LogP contribution in [0, 0.1) is 18.3 Å². The molecule has 2 amide bonds. The van der Waals surface area contributed by atoms with Crippen molar-refractivity contribution in [2.24, 2.45) is 5.92 Å². The summed E-state index contributed by atoms with van der Waals surface area (Å²) in [6, 6.07) is 6.15. The van der Waals surface area contributed by atoms with Crippen molar-refractivity contribution in [2.45, 2.75) is 12.8 Å². The molecule has 0 atom stereocenters. The van der Waals surface area contributed by atoms with Crippen molar-refractivity contribution >= 4 is 11.8 Å². The molecule has 1 aliphatic rings. The number of rotatable bonds is 3. The van der Waals surface area contributed by atoms with Crippen molar-refractivity contribution in [1.29, 1.82) is 0 Å². The number of terminal acetylenes is 1. The number of likely N-dealkylation sites (tertiary alicyclic amines) is 1. The van der Waals surface area contributed by atoms with E-state index >= 15 is 0 Å². The van der Waals surface area contributed by atoms with Gasteiger partial charge >= 0.3 is 0 Å². The summed E-state index contributed by atoms with van der Waals surface area (Å²) in [6.07, 6.45) is 6.68. The monoisotopic (exact) mass is 301 g/mol. The summed E-state index contributed by atoms with van der Waals surface area (Å²) in [7, 11) is 0. The number of phenolic OH excluding ortho intramolecular Hbond substituents is 1. The van der Waals surface area contributed by atoms with Gasteiger partial charge in [-0.25, -0.2) is 0 Å². The number of piperidine rings is 1. The van der Waals surface area contributed by atoms with Crippen LogP contribution in [0.5, 0.6) is 5.75 Å². The summed E-state index contributed by atoms with van der Waals surface area (Å²) >= 11 is 0. The molecule has 1 heterocycles. The zero-order valence-electron chi connectivity index (χ0n) is 12.2. The van der Waals surface area contributed by atoms with E-state index in [1.165, 1.54) is 12.1 Å². The lowest BCUT2D eigenvalue weighted by molar-refractivity contribution is -0.127. The fourth-order valence-corrected chi connectivity index (χ4v) is 2.44. The highest BCUT2D eigenvalue weighted by molar-refractivity contribution is 5.97. The number of phenols is 1. The third-order valence-corrected chi connectivity index (χ3v) is 3.72. The number of amides is 2. The number of nitrogens with one attached hydrogen (secondary N) is 2. The van der Waals surface area contributed by atoms with Gasteiger partial charge in [0, 0.05) is 5.92 Å². The first-order chi connectivity index (χ1) is 10.6. The fraction of sp³-hybridized carbons (Fsp3) is 0.375. The molecule has 1 saturated heterocycles. The smallest absolute Gasteiger partial charge is 0.273 e. The van der Waals surface area contributed by atoms with Crippen LogP contribution in [0.2, 0.25) is 0 Å². The molecule has 2 rings (SSSR count). The van der Waals surface area contributed by atoms with Gasteiger partial charge in [-0.05, 0) is 38.1 Å². The van der Waals surface area contributed by atoms with Gasteiger partial charge in [-0.15, -0.1) is 6.42 Å². The highest BCUT2D eigenvalue weighted by Gasteiger charge is 2.25.